The Balaban J connectivity index is 2.24. The molecule has 0 radical (unpaired) electrons. The average Bonchev–Trinajstić information content (AvgIpc) is 2.37. The largest absolute Gasteiger partial charge is 0.481 e. The number of carboxylic acid groups (broad SMARTS) is 1. The zero-order valence-corrected chi connectivity index (χ0v) is 12.6. The van der Waals surface area contributed by atoms with Crippen LogP contribution >= 0.6 is 11.6 Å². The summed E-state index contributed by atoms with van der Waals surface area (Å²) >= 11 is 5.76. The Kier molecular flexibility index (Phi) is 4.53. The third kappa shape index (κ3) is 3.95. The van der Waals surface area contributed by atoms with Crippen molar-refractivity contribution in [2.45, 2.75) is 12.5 Å². The molecule has 0 bridgehead atoms. The van der Waals surface area contributed by atoms with Gasteiger partial charge in [-0.15, -0.1) is 0 Å². The van der Waals surface area contributed by atoms with Gasteiger partial charge < -0.3 is 10.0 Å². The predicted octanol–water partition coefficient (Wildman–Crippen LogP) is 1.05. The topological polar surface area (TPSA) is 91.8 Å². The van der Waals surface area contributed by atoms with E-state index in [0.717, 1.165) is 0 Å². The van der Waals surface area contributed by atoms with Gasteiger partial charge in [-0.25, -0.2) is 8.42 Å². The summed E-state index contributed by atoms with van der Waals surface area (Å²) in [6.45, 7) is 0.00173. The van der Waals surface area contributed by atoms with Crippen molar-refractivity contribution in [1.29, 1.82) is 0 Å². The highest BCUT2D eigenvalue weighted by atomic mass is 35.5. The lowest BCUT2D eigenvalue weighted by Gasteiger charge is -2.34. The average molecular weight is 332 g/mol. The fourth-order valence-electron chi connectivity index (χ4n) is 2.28. The molecule has 21 heavy (non-hydrogen) atoms. The highest BCUT2D eigenvalue weighted by Gasteiger charge is 2.35. The second-order valence-electron chi connectivity index (χ2n) is 4.87. The van der Waals surface area contributed by atoms with Crippen LogP contribution < -0.4 is 0 Å². The van der Waals surface area contributed by atoms with E-state index < -0.39 is 28.3 Å². The number of hydrogen-bond donors (Lipinski definition) is 1. The molecule has 0 saturated carbocycles. The maximum Gasteiger partial charge on any atom is 0.305 e. The first-order chi connectivity index (χ1) is 9.78. The molecule has 1 aromatic carbocycles. The van der Waals surface area contributed by atoms with Crippen LogP contribution in [0.3, 0.4) is 0 Å². The highest BCUT2D eigenvalue weighted by Crippen LogP contribution is 2.19. The van der Waals surface area contributed by atoms with Crippen molar-refractivity contribution < 1.29 is 23.1 Å². The molecule has 1 N–H and O–H groups in total. The number of benzene rings is 1. The number of amides is 1. The summed E-state index contributed by atoms with van der Waals surface area (Å²) in [6, 6.07) is 5.34. The molecule has 2 rings (SSSR count). The number of aliphatic carboxylic acids is 1. The van der Waals surface area contributed by atoms with E-state index in [1.54, 1.807) is 12.1 Å². The first-order valence-electron chi connectivity index (χ1n) is 6.27. The van der Waals surface area contributed by atoms with Crippen LogP contribution in [-0.2, 0) is 14.6 Å². The number of carbonyl (C=O) groups excluding carboxylic acids is 1. The molecule has 1 unspecified atom stereocenters. The van der Waals surface area contributed by atoms with E-state index in [1.165, 1.54) is 17.0 Å². The van der Waals surface area contributed by atoms with Crippen LogP contribution in [0.2, 0.25) is 5.02 Å². The second-order valence-corrected chi connectivity index (χ2v) is 7.54. The minimum absolute atomic E-state index is 0.00173. The molecule has 1 aromatic rings. The standard InChI is InChI=1S/C13H14ClNO5S/c14-10-3-1-9(2-4-10)13(18)15-5-6-21(19,20)8-11(15)7-12(16)17/h1-4,11H,5-8H2,(H,16,17). The van der Waals surface area contributed by atoms with Crippen molar-refractivity contribution in [3.8, 4) is 0 Å². The molecule has 1 fully saturated rings. The van der Waals surface area contributed by atoms with Crippen LogP contribution in [-0.4, -0.2) is 54.4 Å². The second kappa shape index (κ2) is 6.03. The Morgan fingerprint density at radius 1 is 1.29 bits per heavy atom. The van der Waals surface area contributed by atoms with Crippen LogP contribution in [0.4, 0.5) is 0 Å². The summed E-state index contributed by atoms with van der Waals surface area (Å²) in [7, 11) is -3.31. The fourth-order valence-corrected chi connectivity index (χ4v) is 3.93. The number of halogens is 1. The molecule has 1 saturated heterocycles. The van der Waals surface area contributed by atoms with Gasteiger partial charge in [0.05, 0.1) is 24.0 Å². The van der Waals surface area contributed by atoms with Gasteiger partial charge in [0.25, 0.3) is 5.91 Å². The number of carboxylic acids is 1. The van der Waals surface area contributed by atoms with Gasteiger partial charge in [0.2, 0.25) is 0 Å². The maximum absolute atomic E-state index is 12.4. The van der Waals surface area contributed by atoms with Gasteiger partial charge in [-0.2, -0.15) is 0 Å². The molecule has 1 aliphatic heterocycles. The SMILES string of the molecule is O=C(O)CC1CS(=O)(=O)CCN1C(=O)c1ccc(Cl)cc1. The number of rotatable bonds is 3. The summed E-state index contributed by atoms with van der Waals surface area (Å²) in [6.07, 6.45) is -0.390. The lowest BCUT2D eigenvalue weighted by molar-refractivity contribution is -0.138. The summed E-state index contributed by atoms with van der Waals surface area (Å²) in [5.41, 5.74) is 0.356. The predicted molar refractivity (Wildman–Crippen MR) is 77.2 cm³/mol. The van der Waals surface area contributed by atoms with E-state index in [2.05, 4.69) is 0 Å². The minimum atomic E-state index is -3.31. The monoisotopic (exact) mass is 331 g/mol. The summed E-state index contributed by atoms with van der Waals surface area (Å²) in [4.78, 5) is 24.6. The normalized spacial score (nSPS) is 21.0. The van der Waals surface area contributed by atoms with Gasteiger partial charge in [-0.05, 0) is 24.3 Å². The molecule has 8 heteroatoms. The van der Waals surface area contributed by atoms with Gasteiger partial charge in [-0.3, -0.25) is 9.59 Å². The molecule has 1 heterocycles. The molecular weight excluding hydrogens is 318 g/mol. The van der Waals surface area contributed by atoms with E-state index in [9.17, 15) is 18.0 Å². The number of sulfone groups is 1. The van der Waals surface area contributed by atoms with Gasteiger partial charge in [0.15, 0.2) is 9.84 Å². The zero-order chi connectivity index (χ0) is 15.6. The Hall–Kier alpha value is -1.60. The number of hydrogen-bond acceptors (Lipinski definition) is 4. The number of nitrogens with zero attached hydrogens (tertiary/aromatic N) is 1. The zero-order valence-electron chi connectivity index (χ0n) is 11.0. The Labute approximate surface area is 127 Å². The van der Waals surface area contributed by atoms with Crippen LogP contribution in [0.5, 0.6) is 0 Å². The van der Waals surface area contributed by atoms with Gasteiger partial charge >= 0.3 is 5.97 Å². The van der Waals surface area contributed by atoms with Crippen LogP contribution in [0.1, 0.15) is 16.8 Å². The van der Waals surface area contributed by atoms with E-state index in [0.29, 0.717) is 10.6 Å². The molecule has 6 nitrogen and oxygen atoms in total. The maximum atomic E-state index is 12.4. The molecule has 1 atom stereocenters. The summed E-state index contributed by atoms with van der Waals surface area (Å²) < 4.78 is 23.3. The van der Waals surface area contributed by atoms with Crippen molar-refractivity contribution in [1.82, 2.24) is 4.90 Å². The Bertz CT molecular complexity index is 656. The molecule has 1 aliphatic rings. The molecule has 114 valence electrons. The third-order valence-electron chi connectivity index (χ3n) is 3.29. The quantitative estimate of drug-likeness (QED) is 0.894. The Morgan fingerprint density at radius 3 is 2.48 bits per heavy atom. The molecule has 0 aromatic heterocycles. The van der Waals surface area contributed by atoms with Crippen molar-refractivity contribution in [2.75, 3.05) is 18.1 Å². The van der Waals surface area contributed by atoms with Gasteiger partial charge in [-0.1, -0.05) is 11.6 Å². The number of carbonyl (C=O) groups is 2. The van der Waals surface area contributed by atoms with E-state index in [-0.39, 0.29) is 24.0 Å². The summed E-state index contributed by atoms with van der Waals surface area (Å²) in [5.74, 6) is -1.99. The first kappa shape index (κ1) is 15.8. The van der Waals surface area contributed by atoms with E-state index >= 15 is 0 Å². The molecule has 1 amide bonds. The lowest BCUT2D eigenvalue weighted by atomic mass is 10.1. The third-order valence-corrected chi connectivity index (χ3v) is 5.24. The fraction of sp³-hybridized carbons (Fsp3) is 0.385. The van der Waals surface area contributed by atoms with Crippen LogP contribution in [0, 0.1) is 0 Å². The van der Waals surface area contributed by atoms with Crippen LogP contribution in [0.25, 0.3) is 0 Å². The highest BCUT2D eigenvalue weighted by molar-refractivity contribution is 7.91. The molecule has 0 spiro atoms. The minimum Gasteiger partial charge on any atom is -0.481 e. The van der Waals surface area contributed by atoms with Gasteiger partial charge in [0.1, 0.15) is 0 Å². The van der Waals surface area contributed by atoms with E-state index in [4.69, 9.17) is 16.7 Å². The molecule has 0 aliphatic carbocycles. The van der Waals surface area contributed by atoms with Crippen molar-refractivity contribution in [3.05, 3.63) is 34.9 Å². The van der Waals surface area contributed by atoms with Crippen molar-refractivity contribution in [3.63, 3.8) is 0 Å². The van der Waals surface area contributed by atoms with E-state index in [1.807, 2.05) is 0 Å². The first-order valence-corrected chi connectivity index (χ1v) is 8.47. The van der Waals surface area contributed by atoms with Gasteiger partial charge in [0, 0.05) is 17.1 Å². The lowest BCUT2D eigenvalue weighted by Crippen LogP contribution is -2.52. The van der Waals surface area contributed by atoms with Crippen molar-refractivity contribution >= 4 is 33.3 Å². The smallest absolute Gasteiger partial charge is 0.305 e. The van der Waals surface area contributed by atoms with Crippen LogP contribution in [0.15, 0.2) is 24.3 Å². The molecular formula is C13H14ClNO5S. The summed E-state index contributed by atoms with van der Waals surface area (Å²) in [5, 5.41) is 9.37. The Morgan fingerprint density at radius 2 is 1.90 bits per heavy atom. The van der Waals surface area contributed by atoms with Crippen molar-refractivity contribution in [2.24, 2.45) is 0 Å².